The summed E-state index contributed by atoms with van der Waals surface area (Å²) in [5, 5.41) is 20.8. The zero-order valence-corrected chi connectivity index (χ0v) is 10.9. The highest BCUT2D eigenvalue weighted by Gasteiger charge is 2.13. The Morgan fingerprint density at radius 1 is 1.32 bits per heavy atom. The quantitative estimate of drug-likeness (QED) is 0.654. The van der Waals surface area contributed by atoms with Crippen LogP contribution in [-0.2, 0) is 0 Å². The van der Waals surface area contributed by atoms with Gasteiger partial charge in [-0.2, -0.15) is 15.6 Å². The molecule has 0 unspecified atom stereocenters. The Hall–Kier alpha value is -2.86. The van der Waals surface area contributed by atoms with Gasteiger partial charge in [0.2, 0.25) is 5.71 Å². The Bertz CT molecular complexity index is 588. The standard InChI is InChI=1S/C13H13N5O/c1-9-11(13(19)18(2)3)5-4-6-12(9)17-16-10(7-14)8-15/h4-6,17H,1-3H3. The highest BCUT2D eigenvalue weighted by Crippen LogP contribution is 2.19. The molecule has 96 valence electrons. The number of nitriles is 2. The average Bonchev–Trinajstić information content (AvgIpc) is 2.40. The molecule has 0 aromatic heterocycles. The largest absolute Gasteiger partial charge is 0.345 e. The van der Waals surface area contributed by atoms with E-state index in [4.69, 9.17) is 10.5 Å². The Morgan fingerprint density at radius 2 is 1.95 bits per heavy atom. The molecule has 6 heteroatoms. The number of benzene rings is 1. The first-order valence-corrected chi connectivity index (χ1v) is 5.46. The summed E-state index contributed by atoms with van der Waals surface area (Å²) in [6.07, 6.45) is 0. The number of nitrogens with zero attached hydrogens (tertiary/aromatic N) is 4. The predicted octanol–water partition coefficient (Wildman–Crippen LogP) is 1.51. The SMILES string of the molecule is Cc1c(NN=C(C#N)C#N)cccc1C(=O)N(C)C. The molecular formula is C13H13N5O. The summed E-state index contributed by atoms with van der Waals surface area (Å²) >= 11 is 0. The first kappa shape index (κ1) is 14.2. The maximum Gasteiger partial charge on any atom is 0.253 e. The normalized spacial score (nSPS) is 8.89. The molecule has 0 fully saturated rings. The minimum Gasteiger partial charge on any atom is -0.345 e. The molecule has 0 aliphatic rings. The van der Waals surface area contributed by atoms with Crippen LogP contribution in [0.3, 0.4) is 0 Å². The number of hydrazone groups is 1. The van der Waals surface area contributed by atoms with Gasteiger partial charge in [0.05, 0.1) is 5.69 Å². The van der Waals surface area contributed by atoms with E-state index in [2.05, 4.69) is 10.5 Å². The van der Waals surface area contributed by atoms with Gasteiger partial charge in [0.15, 0.2) is 0 Å². The number of hydrogen-bond acceptors (Lipinski definition) is 5. The van der Waals surface area contributed by atoms with Crippen molar-refractivity contribution in [2.75, 3.05) is 19.5 Å². The van der Waals surface area contributed by atoms with Crippen LogP contribution in [0.1, 0.15) is 15.9 Å². The number of carbonyl (C=O) groups is 1. The van der Waals surface area contributed by atoms with Gasteiger partial charge >= 0.3 is 0 Å². The number of hydrogen-bond donors (Lipinski definition) is 1. The van der Waals surface area contributed by atoms with E-state index in [1.165, 1.54) is 4.90 Å². The minimum absolute atomic E-state index is 0.120. The molecule has 0 saturated carbocycles. The molecule has 0 heterocycles. The highest BCUT2D eigenvalue weighted by atomic mass is 16.2. The number of carbonyl (C=O) groups excluding carboxylic acids is 1. The third-order valence-corrected chi connectivity index (χ3v) is 2.47. The number of amides is 1. The van der Waals surface area contributed by atoms with Crippen molar-refractivity contribution in [2.24, 2.45) is 5.10 Å². The van der Waals surface area contributed by atoms with E-state index in [9.17, 15) is 4.79 Å². The summed E-state index contributed by atoms with van der Waals surface area (Å²) in [5.41, 5.74) is 4.18. The summed E-state index contributed by atoms with van der Waals surface area (Å²) in [5.74, 6) is -0.120. The molecular weight excluding hydrogens is 242 g/mol. The molecule has 19 heavy (non-hydrogen) atoms. The maximum atomic E-state index is 11.9. The molecule has 0 aliphatic carbocycles. The lowest BCUT2D eigenvalue weighted by Crippen LogP contribution is -2.22. The predicted molar refractivity (Wildman–Crippen MR) is 71.5 cm³/mol. The summed E-state index contributed by atoms with van der Waals surface area (Å²) in [4.78, 5) is 13.4. The molecule has 6 nitrogen and oxygen atoms in total. The third-order valence-electron chi connectivity index (χ3n) is 2.47. The number of nitrogens with one attached hydrogen (secondary N) is 1. The summed E-state index contributed by atoms with van der Waals surface area (Å²) in [7, 11) is 3.34. The van der Waals surface area contributed by atoms with Crippen molar-refractivity contribution in [2.45, 2.75) is 6.92 Å². The van der Waals surface area contributed by atoms with Gasteiger partial charge in [-0.05, 0) is 24.6 Å². The van der Waals surface area contributed by atoms with E-state index in [0.717, 1.165) is 0 Å². The van der Waals surface area contributed by atoms with E-state index in [1.807, 2.05) is 0 Å². The van der Waals surface area contributed by atoms with Crippen molar-refractivity contribution < 1.29 is 4.79 Å². The summed E-state index contributed by atoms with van der Waals surface area (Å²) in [6.45, 7) is 1.77. The maximum absolute atomic E-state index is 11.9. The lowest BCUT2D eigenvalue weighted by molar-refractivity contribution is 0.0827. The van der Waals surface area contributed by atoms with Gasteiger partial charge in [0.25, 0.3) is 5.91 Å². The first-order valence-electron chi connectivity index (χ1n) is 5.46. The lowest BCUT2D eigenvalue weighted by Gasteiger charge is -2.14. The topological polar surface area (TPSA) is 92.3 Å². The van der Waals surface area contributed by atoms with E-state index < -0.39 is 0 Å². The van der Waals surface area contributed by atoms with Gasteiger partial charge in [-0.15, -0.1) is 0 Å². The van der Waals surface area contributed by atoms with Gasteiger partial charge in [0, 0.05) is 19.7 Å². The van der Waals surface area contributed by atoms with Gasteiger partial charge in [0.1, 0.15) is 12.1 Å². The van der Waals surface area contributed by atoms with Crippen molar-refractivity contribution in [1.82, 2.24) is 4.90 Å². The molecule has 0 spiro atoms. The van der Waals surface area contributed by atoms with Crippen LogP contribution in [0.5, 0.6) is 0 Å². The van der Waals surface area contributed by atoms with Crippen LogP contribution in [0.15, 0.2) is 23.3 Å². The van der Waals surface area contributed by atoms with Crippen molar-refractivity contribution in [3.63, 3.8) is 0 Å². The highest BCUT2D eigenvalue weighted by molar-refractivity contribution is 6.10. The molecule has 0 radical (unpaired) electrons. The monoisotopic (exact) mass is 255 g/mol. The van der Waals surface area contributed by atoms with Crippen molar-refractivity contribution in [1.29, 1.82) is 10.5 Å². The van der Waals surface area contributed by atoms with Gasteiger partial charge in [-0.1, -0.05) is 6.07 Å². The fraction of sp³-hybridized carbons (Fsp3) is 0.231. The van der Waals surface area contributed by atoms with Crippen LogP contribution in [0.4, 0.5) is 5.69 Å². The Kier molecular flexibility index (Phi) is 4.62. The molecule has 1 rings (SSSR count). The fourth-order valence-corrected chi connectivity index (χ4v) is 1.42. The smallest absolute Gasteiger partial charge is 0.253 e. The first-order chi connectivity index (χ1) is 9.01. The average molecular weight is 255 g/mol. The van der Waals surface area contributed by atoms with E-state index in [1.54, 1.807) is 51.4 Å². The van der Waals surface area contributed by atoms with Crippen molar-refractivity contribution in [3.05, 3.63) is 29.3 Å². The fourth-order valence-electron chi connectivity index (χ4n) is 1.42. The minimum atomic E-state index is -0.274. The van der Waals surface area contributed by atoms with E-state index >= 15 is 0 Å². The third kappa shape index (κ3) is 3.30. The summed E-state index contributed by atoms with van der Waals surface area (Å²) < 4.78 is 0. The van der Waals surface area contributed by atoms with Crippen LogP contribution < -0.4 is 5.43 Å². The zero-order chi connectivity index (χ0) is 14.4. The zero-order valence-electron chi connectivity index (χ0n) is 10.9. The van der Waals surface area contributed by atoms with Crippen molar-refractivity contribution >= 4 is 17.3 Å². The number of rotatable bonds is 3. The summed E-state index contributed by atoms with van der Waals surface area (Å²) in [6, 6.07) is 8.44. The molecule has 0 aliphatic heterocycles. The molecule has 1 aromatic carbocycles. The van der Waals surface area contributed by atoms with Crippen LogP contribution in [0, 0.1) is 29.6 Å². The van der Waals surface area contributed by atoms with Crippen LogP contribution in [0.25, 0.3) is 0 Å². The van der Waals surface area contributed by atoms with Gasteiger partial charge < -0.3 is 4.90 Å². The molecule has 0 saturated heterocycles. The lowest BCUT2D eigenvalue weighted by atomic mass is 10.1. The van der Waals surface area contributed by atoms with Gasteiger partial charge in [-0.3, -0.25) is 10.2 Å². The molecule has 1 N–H and O–H groups in total. The van der Waals surface area contributed by atoms with Gasteiger partial charge in [-0.25, -0.2) is 0 Å². The van der Waals surface area contributed by atoms with Crippen molar-refractivity contribution in [3.8, 4) is 12.1 Å². The second-order valence-electron chi connectivity index (χ2n) is 3.97. The molecule has 0 bridgehead atoms. The van der Waals surface area contributed by atoms with E-state index in [-0.39, 0.29) is 11.6 Å². The Morgan fingerprint density at radius 3 is 2.47 bits per heavy atom. The van der Waals surface area contributed by atoms with E-state index in [0.29, 0.717) is 16.8 Å². The Labute approximate surface area is 111 Å². The second-order valence-corrected chi connectivity index (χ2v) is 3.97. The molecule has 1 aromatic rings. The Balaban J connectivity index is 3.10. The second kappa shape index (κ2) is 6.18. The van der Waals surface area contributed by atoms with Crippen LogP contribution >= 0.6 is 0 Å². The molecule has 1 amide bonds. The van der Waals surface area contributed by atoms with Crippen LogP contribution in [-0.4, -0.2) is 30.6 Å². The van der Waals surface area contributed by atoms with Crippen LogP contribution in [0.2, 0.25) is 0 Å². The molecule has 0 atom stereocenters. The number of anilines is 1.